The maximum atomic E-state index is 10.6. The molecule has 6 heteroatoms. The fourth-order valence-corrected chi connectivity index (χ4v) is 3.85. The fraction of sp³-hybridized carbons (Fsp3) is 0.364. The van der Waals surface area contributed by atoms with Crippen LogP contribution in [0.2, 0.25) is 0 Å². The Kier molecular flexibility index (Phi) is 5.03. The minimum Gasteiger partial charge on any atom is -0.386 e. The van der Waals surface area contributed by atoms with E-state index in [1.54, 1.807) is 0 Å². The molecule has 0 saturated carbocycles. The highest BCUT2D eigenvalue weighted by atomic mass is 16.3. The van der Waals surface area contributed by atoms with Crippen molar-refractivity contribution >= 4 is 0 Å². The molecule has 0 saturated heterocycles. The molecule has 0 aliphatic carbocycles. The lowest BCUT2D eigenvalue weighted by atomic mass is 10.1. The summed E-state index contributed by atoms with van der Waals surface area (Å²) in [5.41, 5.74) is 5.99. The standard InChI is InChI=1S/C22H25N5O/c1-16-18(11-19(13-23)25(16)2)14-26-8-9-27-20(15-26)12-21(24-27)22(28)10-17-6-4-3-5-7-17/h3-7,11-12,22,28H,8-10,14-15H2,1-2H3. The molecule has 1 aromatic carbocycles. The summed E-state index contributed by atoms with van der Waals surface area (Å²) in [5, 5.41) is 24.5. The molecule has 28 heavy (non-hydrogen) atoms. The third kappa shape index (κ3) is 3.59. The maximum Gasteiger partial charge on any atom is 0.120 e. The van der Waals surface area contributed by atoms with E-state index in [1.165, 1.54) is 5.56 Å². The van der Waals surface area contributed by atoms with Gasteiger partial charge >= 0.3 is 0 Å². The second kappa shape index (κ2) is 7.63. The summed E-state index contributed by atoms with van der Waals surface area (Å²) in [6, 6.07) is 16.3. The van der Waals surface area contributed by atoms with Gasteiger partial charge in [0.15, 0.2) is 0 Å². The number of benzene rings is 1. The quantitative estimate of drug-likeness (QED) is 0.744. The predicted octanol–water partition coefficient (Wildman–Crippen LogP) is 2.69. The van der Waals surface area contributed by atoms with Crippen LogP contribution in [0.25, 0.3) is 0 Å². The first kappa shape index (κ1) is 18.5. The van der Waals surface area contributed by atoms with Crippen molar-refractivity contribution in [3.05, 3.63) is 76.4 Å². The van der Waals surface area contributed by atoms with Crippen LogP contribution in [0, 0.1) is 18.3 Å². The van der Waals surface area contributed by atoms with E-state index < -0.39 is 6.10 Å². The van der Waals surface area contributed by atoms with Crippen molar-refractivity contribution in [3.8, 4) is 6.07 Å². The first-order chi connectivity index (χ1) is 13.5. The van der Waals surface area contributed by atoms with Crippen LogP contribution in [0.3, 0.4) is 0 Å². The number of fused-ring (bicyclic) bond motifs is 1. The van der Waals surface area contributed by atoms with Crippen LogP contribution in [0.5, 0.6) is 0 Å². The molecule has 1 atom stereocenters. The van der Waals surface area contributed by atoms with E-state index in [1.807, 2.05) is 58.8 Å². The van der Waals surface area contributed by atoms with Crippen molar-refractivity contribution < 1.29 is 5.11 Å². The smallest absolute Gasteiger partial charge is 0.120 e. The Labute approximate surface area is 165 Å². The van der Waals surface area contributed by atoms with E-state index in [4.69, 9.17) is 0 Å². The van der Waals surface area contributed by atoms with E-state index in [2.05, 4.69) is 23.0 Å². The highest BCUT2D eigenvalue weighted by Crippen LogP contribution is 2.23. The van der Waals surface area contributed by atoms with Crippen molar-refractivity contribution in [2.75, 3.05) is 6.54 Å². The van der Waals surface area contributed by atoms with Gasteiger partial charge in [-0.3, -0.25) is 9.58 Å². The average molecular weight is 375 g/mol. The van der Waals surface area contributed by atoms with Gasteiger partial charge in [0.1, 0.15) is 17.9 Å². The normalized spacial score (nSPS) is 15.2. The molecule has 0 bridgehead atoms. The molecule has 4 rings (SSSR count). The zero-order valence-corrected chi connectivity index (χ0v) is 16.3. The van der Waals surface area contributed by atoms with Crippen LogP contribution in [0.4, 0.5) is 0 Å². The third-order valence-corrected chi connectivity index (χ3v) is 5.66. The summed E-state index contributed by atoms with van der Waals surface area (Å²) in [6.07, 6.45) is -0.0234. The summed E-state index contributed by atoms with van der Waals surface area (Å²) in [7, 11) is 1.93. The zero-order chi connectivity index (χ0) is 19.7. The fourth-order valence-electron chi connectivity index (χ4n) is 3.85. The summed E-state index contributed by atoms with van der Waals surface area (Å²) < 4.78 is 3.96. The number of aromatic nitrogens is 3. The van der Waals surface area contributed by atoms with Gasteiger partial charge in [-0.2, -0.15) is 10.4 Å². The number of rotatable bonds is 5. The van der Waals surface area contributed by atoms with Gasteiger partial charge in [0.2, 0.25) is 0 Å². The molecule has 0 fully saturated rings. The molecule has 0 spiro atoms. The molecule has 0 amide bonds. The Hall–Kier alpha value is -2.88. The SMILES string of the molecule is Cc1c(CN2CCn3nc(C(O)Cc4ccccc4)cc3C2)cc(C#N)n1C. The lowest BCUT2D eigenvalue weighted by Crippen LogP contribution is -2.33. The third-order valence-electron chi connectivity index (χ3n) is 5.66. The second-order valence-corrected chi connectivity index (χ2v) is 7.51. The van der Waals surface area contributed by atoms with Gasteiger partial charge in [0.05, 0.1) is 17.9 Å². The van der Waals surface area contributed by atoms with Crippen LogP contribution < -0.4 is 0 Å². The number of hydrogen-bond acceptors (Lipinski definition) is 4. The molecule has 0 radical (unpaired) electrons. The van der Waals surface area contributed by atoms with Crippen LogP contribution in [0.15, 0.2) is 42.5 Å². The first-order valence-corrected chi connectivity index (χ1v) is 9.61. The molecule has 144 valence electrons. The van der Waals surface area contributed by atoms with Gasteiger partial charge < -0.3 is 9.67 Å². The molecule has 3 heterocycles. The number of aliphatic hydroxyl groups is 1. The van der Waals surface area contributed by atoms with E-state index in [0.717, 1.165) is 48.8 Å². The summed E-state index contributed by atoms with van der Waals surface area (Å²) in [5.74, 6) is 0. The molecule has 1 aliphatic rings. The van der Waals surface area contributed by atoms with Gasteiger partial charge in [-0.05, 0) is 30.2 Å². The minimum atomic E-state index is -0.594. The molecule has 1 unspecified atom stereocenters. The molecule has 3 aromatic rings. The Bertz CT molecular complexity index is 1010. The lowest BCUT2D eigenvalue weighted by Gasteiger charge is -2.27. The number of aliphatic hydroxyl groups excluding tert-OH is 1. The zero-order valence-electron chi connectivity index (χ0n) is 16.3. The number of nitrogens with zero attached hydrogens (tertiary/aromatic N) is 5. The van der Waals surface area contributed by atoms with Crippen molar-refractivity contribution in [2.24, 2.45) is 7.05 Å². The van der Waals surface area contributed by atoms with Crippen molar-refractivity contribution in [1.29, 1.82) is 5.26 Å². The maximum absolute atomic E-state index is 10.6. The highest BCUT2D eigenvalue weighted by molar-refractivity contribution is 5.34. The van der Waals surface area contributed by atoms with E-state index >= 15 is 0 Å². The minimum absolute atomic E-state index is 0.571. The molecule has 1 N–H and O–H groups in total. The predicted molar refractivity (Wildman–Crippen MR) is 106 cm³/mol. The lowest BCUT2D eigenvalue weighted by molar-refractivity contribution is 0.171. The highest BCUT2D eigenvalue weighted by Gasteiger charge is 2.22. The van der Waals surface area contributed by atoms with Crippen LogP contribution in [-0.2, 0) is 33.1 Å². The van der Waals surface area contributed by atoms with Gasteiger partial charge in [0.25, 0.3) is 0 Å². The van der Waals surface area contributed by atoms with Crippen molar-refractivity contribution in [1.82, 2.24) is 19.2 Å². The molecule has 1 aliphatic heterocycles. The van der Waals surface area contributed by atoms with E-state index in [0.29, 0.717) is 12.1 Å². The van der Waals surface area contributed by atoms with E-state index in [-0.39, 0.29) is 0 Å². The van der Waals surface area contributed by atoms with Gasteiger partial charge in [0, 0.05) is 38.8 Å². The molecule has 6 nitrogen and oxygen atoms in total. The number of hydrogen-bond donors (Lipinski definition) is 1. The van der Waals surface area contributed by atoms with Gasteiger partial charge in [-0.1, -0.05) is 30.3 Å². The van der Waals surface area contributed by atoms with E-state index in [9.17, 15) is 10.4 Å². The van der Waals surface area contributed by atoms with Crippen LogP contribution >= 0.6 is 0 Å². The first-order valence-electron chi connectivity index (χ1n) is 9.61. The molecular weight excluding hydrogens is 350 g/mol. The van der Waals surface area contributed by atoms with Crippen LogP contribution in [-0.4, -0.2) is 30.9 Å². The summed E-state index contributed by atoms with van der Waals surface area (Å²) >= 11 is 0. The van der Waals surface area contributed by atoms with Gasteiger partial charge in [-0.15, -0.1) is 0 Å². The topological polar surface area (TPSA) is 70.0 Å². The second-order valence-electron chi connectivity index (χ2n) is 7.51. The Morgan fingerprint density at radius 3 is 2.71 bits per heavy atom. The van der Waals surface area contributed by atoms with Gasteiger partial charge in [-0.25, -0.2) is 0 Å². The van der Waals surface area contributed by atoms with Crippen molar-refractivity contribution in [3.63, 3.8) is 0 Å². The Morgan fingerprint density at radius 2 is 2.00 bits per heavy atom. The largest absolute Gasteiger partial charge is 0.386 e. The summed E-state index contributed by atoms with van der Waals surface area (Å²) in [4.78, 5) is 2.37. The van der Waals surface area contributed by atoms with Crippen LogP contribution in [0.1, 0.15) is 40.0 Å². The van der Waals surface area contributed by atoms with Crippen molar-refractivity contribution in [2.45, 2.75) is 39.1 Å². The monoisotopic (exact) mass is 375 g/mol. The Balaban J connectivity index is 1.45. The summed E-state index contributed by atoms with van der Waals surface area (Å²) in [6.45, 7) is 5.38. The number of nitriles is 1. The average Bonchev–Trinajstić information content (AvgIpc) is 3.25. The molecule has 2 aromatic heterocycles. The Morgan fingerprint density at radius 1 is 1.21 bits per heavy atom. The molecular formula is C22H25N5O.